The highest BCUT2D eigenvalue weighted by molar-refractivity contribution is 5.44. The van der Waals surface area contributed by atoms with Gasteiger partial charge in [0.05, 0.1) is 0 Å². The molecular formula is C16H27NO. The topological polar surface area (TPSA) is 46.2 Å². The van der Waals surface area contributed by atoms with Gasteiger partial charge in [0.25, 0.3) is 0 Å². The molecule has 2 heteroatoms. The van der Waals surface area contributed by atoms with Gasteiger partial charge in [-0.25, -0.2) is 0 Å². The van der Waals surface area contributed by atoms with Crippen LogP contribution in [0, 0.1) is 39.5 Å². The van der Waals surface area contributed by atoms with Crippen LogP contribution >= 0.6 is 0 Å². The van der Waals surface area contributed by atoms with Crippen molar-refractivity contribution >= 4 is 0 Å². The molecule has 0 amide bonds. The molecule has 0 heterocycles. The number of aliphatic hydroxyl groups excluding tert-OH is 1. The van der Waals surface area contributed by atoms with E-state index in [1.54, 1.807) is 0 Å². The molecule has 0 bridgehead atoms. The summed E-state index contributed by atoms with van der Waals surface area (Å²) >= 11 is 0. The zero-order valence-corrected chi connectivity index (χ0v) is 12.4. The molecule has 102 valence electrons. The minimum atomic E-state index is 0.181. The molecule has 2 unspecified atom stereocenters. The first-order valence-electron chi connectivity index (χ1n) is 6.79. The Bertz CT molecular complexity index is 382. The fraction of sp³-hybridized carbons (Fsp3) is 0.625. The number of nitrogens with two attached hydrogens (primary N) is 1. The largest absolute Gasteiger partial charge is 0.396 e. The summed E-state index contributed by atoms with van der Waals surface area (Å²) < 4.78 is 0. The molecule has 1 aromatic carbocycles. The van der Waals surface area contributed by atoms with E-state index >= 15 is 0 Å². The van der Waals surface area contributed by atoms with E-state index in [1.165, 1.54) is 27.8 Å². The predicted octanol–water partition coefficient (Wildman–Crippen LogP) is 2.67. The molecule has 18 heavy (non-hydrogen) atoms. The summed E-state index contributed by atoms with van der Waals surface area (Å²) in [5.41, 5.74) is 12.6. The Morgan fingerprint density at radius 2 is 1.61 bits per heavy atom. The average Bonchev–Trinajstić information content (AvgIpc) is 2.33. The molecule has 0 aliphatic heterocycles. The predicted molar refractivity (Wildman–Crippen MR) is 77.9 cm³/mol. The summed E-state index contributed by atoms with van der Waals surface area (Å²) in [6, 6.07) is 2.26. The van der Waals surface area contributed by atoms with E-state index in [0.717, 1.165) is 6.42 Å². The third kappa shape index (κ3) is 3.12. The van der Waals surface area contributed by atoms with Crippen molar-refractivity contribution in [3.63, 3.8) is 0 Å². The van der Waals surface area contributed by atoms with E-state index in [0.29, 0.717) is 12.5 Å². The van der Waals surface area contributed by atoms with Crippen molar-refractivity contribution in [1.82, 2.24) is 0 Å². The van der Waals surface area contributed by atoms with Crippen LogP contribution in [0.1, 0.15) is 34.7 Å². The van der Waals surface area contributed by atoms with Crippen molar-refractivity contribution < 1.29 is 5.11 Å². The first-order valence-corrected chi connectivity index (χ1v) is 6.79. The zero-order valence-electron chi connectivity index (χ0n) is 12.4. The van der Waals surface area contributed by atoms with Crippen LogP contribution in [0.15, 0.2) is 6.07 Å². The van der Waals surface area contributed by atoms with Gasteiger partial charge < -0.3 is 10.8 Å². The maximum Gasteiger partial charge on any atom is 0.0474 e. The number of benzene rings is 1. The summed E-state index contributed by atoms with van der Waals surface area (Å²) in [5.74, 6) is 0.614. The Hall–Kier alpha value is -0.860. The van der Waals surface area contributed by atoms with Crippen molar-refractivity contribution in [1.29, 1.82) is 0 Å². The van der Waals surface area contributed by atoms with Gasteiger partial charge in [0.2, 0.25) is 0 Å². The molecule has 1 rings (SSSR count). The van der Waals surface area contributed by atoms with Crippen LogP contribution in [0.4, 0.5) is 0 Å². The quantitative estimate of drug-likeness (QED) is 0.842. The second kappa shape index (κ2) is 6.35. The Morgan fingerprint density at radius 1 is 1.11 bits per heavy atom. The smallest absolute Gasteiger partial charge is 0.0474 e. The standard InChI is InChI=1S/C16H27NO/c1-10-6-11(2)14(5)16(13(10)4)7-12(3)15(8-17)9-18/h6,12,15,18H,7-9,17H2,1-5H3. The van der Waals surface area contributed by atoms with Crippen molar-refractivity contribution in [2.75, 3.05) is 13.2 Å². The Kier molecular flexibility index (Phi) is 5.36. The number of hydrogen-bond donors (Lipinski definition) is 2. The lowest BCUT2D eigenvalue weighted by Gasteiger charge is -2.23. The first-order chi connectivity index (χ1) is 8.42. The normalized spacial score (nSPS) is 14.6. The molecular weight excluding hydrogens is 222 g/mol. The summed E-state index contributed by atoms with van der Waals surface area (Å²) in [6.45, 7) is 11.6. The highest BCUT2D eigenvalue weighted by Gasteiger charge is 2.18. The lowest BCUT2D eigenvalue weighted by Crippen LogP contribution is -2.26. The van der Waals surface area contributed by atoms with E-state index in [-0.39, 0.29) is 12.5 Å². The maximum absolute atomic E-state index is 9.34. The molecule has 0 spiro atoms. The Balaban J connectivity index is 3.04. The van der Waals surface area contributed by atoms with Gasteiger partial charge in [0, 0.05) is 6.61 Å². The first kappa shape index (κ1) is 15.2. The van der Waals surface area contributed by atoms with Gasteiger partial charge in [-0.2, -0.15) is 0 Å². The van der Waals surface area contributed by atoms with Crippen molar-refractivity contribution in [2.45, 2.75) is 41.0 Å². The Labute approximate surface area is 111 Å². The van der Waals surface area contributed by atoms with E-state index < -0.39 is 0 Å². The molecule has 0 saturated carbocycles. The van der Waals surface area contributed by atoms with Gasteiger partial charge in [0.1, 0.15) is 0 Å². The van der Waals surface area contributed by atoms with Crippen molar-refractivity contribution in [3.8, 4) is 0 Å². The number of aliphatic hydroxyl groups is 1. The fourth-order valence-electron chi connectivity index (χ4n) is 2.58. The van der Waals surface area contributed by atoms with Gasteiger partial charge >= 0.3 is 0 Å². The molecule has 0 fully saturated rings. The van der Waals surface area contributed by atoms with Crippen LogP contribution in [0.2, 0.25) is 0 Å². The van der Waals surface area contributed by atoms with Gasteiger partial charge in [-0.05, 0) is 80.3 Å². The molecule has 2 nitrogen and oxygen atoms in total. The van der Waals surface area contributed by atoms with Gasteiger partial charge in [-0.3, -0.25) is 0 Å². The van der Waals surface area contributed by atoms with Crippen LogP contribution in [0.25, 0.3) is 0 Å². The summed E-state index contributed by atoms with van der Waals surface area (Å²) in [4.78, 5) is 0. The van der Waals surface area contributed by atoms with E-state index in [9.17, 15) is 5.11 Å². The summed E-state index contributed by atoms with van der Waals surface area (Å²) in [5, 5.41) is 9.34. The Morgan fingerprint density at radius 3 is 2.00 bits per heavy atom. The van der Waals surface area contributed by atoms with Gasteiger partial charge in [0.15, 0.2) is 0 Å². The van der Waals surface area contributed by atoms with Gasteiger partial charge in [-0.15, -0.1) is 0 Å². The van der Waals surface area contributed by atoms with E-state index in [1.807, 2.05) is 0 Å². The van der Waals surface area contributed by atoms with Gasteiger partial charge in [-0.1, -0.05) is 13.0 Å². The summed E-state index contributed by atoms with van der Waals surface area (Å²) in [7, 11) is 0. The van der Waals surface area contributed by atoms with Crippen LogP contribution in [-0.2, 0) is 6.42 Å². The minimum Gasteiger partial charge on any atom is -0.396 e. The third-order valence-electron chi connectivity index (χ3n) is 4.39. The summed E-state index contributed by atoms with van der Waals surface area (Å²) in [6.07, 6.45) is 1.00. The lowest BCUT2D eigenvalue weighted by molar-refractivity contribution is 0.187. The monoisotopic (exact) mass is 249 g/mol. The number of aryl methyl sites for hydroxylation is 2. The van der Waals surface area contributed by atoms with Crippen molar-refractivity contribution in [2.24, 2.45) is 17.6 Å². The molecule has 0 aliphatic carbocycles. The number of hydrogen-bond acceptors (Lipinski definition) is 2. The molecule has 0 saturated heterocycles. The van der Waals surface area contributed by atoms with E-state index in [4.69, 9.17) is 5.73 Å². The zero-order chi connectivity index (χ0) is 13.9. The highest BCUT2D eigenvalue weighted by atomic mass is 16.3. The maximum atomic E-state index is 9.34. The molecule has 0 aromatic heterocycles. The third-order valence-corrected chi connectivity index (χ3v) is 4.39. The van der Waals surface area contributed by atoms with Crippen LogP contribution in [0.5, 0.6) is 0 Å². The second-order valence-corrected chi connectivity index (χ2v) is 5.60. The van der Waals surface area contributed by atoms with Crippen LogP contribution in [-0.4, -0.2) is 18.3 Å². The minimum absolute atomic E-state index is 0.181. The molecule has 3 N–H and O–H groups in total. The second-order valence-electron chi connectivity index (χ2n) is 5.60. The van der Waals surface area contributed by atoms with E-state index in [2.05, 4.69) is 40.7 Å². The molecule has 2 atom stereocenters. The number of rotatable bonds is 5. The SMILES string of the molecule is Cc1cc(C)c(C)c(CC(C)C(CN)CO)c1C. The lowest BCUT2D eigenvalue weighted by atomic mass is 9.83. The molecule has 1 aromatic rings. The van der Waals surface area contributed by atoms with Crippen LogP contribution < -0.4 is 5.73 Å². The highest BCUT2D eigenvalue weighted by Crippen LogP contribution is 2.26. The molecule has 0 radical (unpaired) electrons. The van der Waals surface area contributed by atoms with Crippen LogP contribution in [0.3, 0.4) is 0 Å². The average molecular weight is 249 g/mol. The molecule has 0 aliphatic rings. The van der Waals surface area contributed by atoms with Crippen molar-refractivity contribution in [3.05, 3.63) is 33.9 Å². The fourth-order valence-corrected chi connectivity index (χ4v) is 2.58.